The van der Waals surface area contributed by atoms with Crippen molar-refractivity contribution < 1.29 is 4.79 Å². The zero-order chi connectivity index (χ0) is 21.0. The van der Waals surface area contributed by atoms with Crippen LogP contribution >= 0.6 is 11.8 Å². The van der Waals surface area contributed by atoms with E-state index in [4.69, 9.17) is 5.73 Å². The third kappa shape index (κ3) is 4.13. The predicted octanol–water partition coefficient (Wildman–Crippen LogP) is 4.75. The van der Waals surface area contributed by atoms with Crippen LogP contribution in [0.1, 0.15) is 34.0 Å². The zero-order valence-corrected chi connectivity index (χ0v) is 16.8. The van der Waals surface area contributed by atoms with Gasteiger partial charge in [-0.1, -0.05) is 71.9 Å². The van der Waals surface area contributed by atoms with E-state index in [1.807, 2.05) is 37.3 Å². The van der Waals surface area contributed by atoms with Crippen LogP contribution in [0.2, 0.25) is 0 Å². The second-order valence-electron chi connectivity index (χ2n) is 6.51. The van der Waals surface area contributed by atoms with E-state index in [1.54, 1.807) is 31.2 Å². The van der Waals surface area contributed by atoms with E-state index >= 15 is 0 Å². The third-order valence-electron chi connectivity index (χ3n) is 4.47. The number of anilines is 1. The van der Waals surface area contributed by atoms with Gasteiger partial charge in [0.25, 0.3) is 0 Å². The number of nitrogen functional groups attached to an aromatic ring is 1. The van der Waals surface area contributed by atoms with Gasteiger partial charge in [-0.3, -0.25) is 4.79 Å². The minimum Gasteiger partial charge on any atom is -0.383 e. The molecule has 2 aromatic carbocycles. The number of nitrogens with two attached hydrogens (primary N) is 1. The lowest BCUT2D eigenvalue weighted by atomic mass is 9.96. The number of hydrogen-bond donors (Lipinski definition) is 1. The number of thioether (sulfide) groups is 1. The van der Waals surface area contributed by atoms with Crippen molar-refractivity contribution in [1.29, 1.82) is 10.5 Å². The van der Waals surface area contributed by atoms with Gasteiger partial charge in [-0.25, -0.2) is 4.98 Å². The number of nitriles is 2. The molecule has 1 unspecified atom stereocenters. The van der Waals surface area contributed by atoms with Crippen LogP contribution in [0.3, 0.4) is 0 Å². The van der Waals surface area contributed by atoms with Crippen LogP contribution in [0.15, 0.2) is 59.6 Å². The molecule has 0 fully saturated rings. The predicted molar refractivity (Wildman–Crippen MR) is 114 cm³/mol. The maximum absolute atomic E-state index is 12.7. The first kappa shape index (κ1) is 20.1. The zero-order valence-electron chi connectivity index (χ0n) is 16.0. The number of Topliss-reactive ketones (excluding diaryl/α,β-unsaturated/α-hetero) is 1. The molecule has 1 aromatic heterocycles. The number of ketones is 1. The summed E-state index contributed by atoms with van der Waals surface area (Å²) in [7, 11) is 0. The molecular weight excluding hydrogens is 380 g/mol. The van der Waals surface area contributed by atoms with Gasteiger partial charge in [0.15, 0.2) is 5.78 Å². The number of aryl methyl sites for hydroxylation is 1. The van der Waals surface area contributed by atoms with Crippen molar-refractivity contribution in [3.8, 4) is 23.3 Å². The van der Waals surface area contributed by atoms with Gasteiger partial charge in [0, 0.05) is 11.1 Å². The van der Waals surface area contributed by atoms with Crippen LogP contribution in [0.4, 0.5) is 5.82 Å². The topological polar surface area (TPSA) is 104 Å². The van der Waals surface area contributed by atoms with Crippen molar-refractivity contribution in [1.82, 2.24) is 4.98 Å². The highest BCUT2D eigenvalue weighted by Gasteiger charge is 2.24. The first-order valence-electron chi connectivity index (χ1n) is 8.93. The standard InChI is InChI=1S/C23H18N4OS/c1-14-8-10-16(11-9-14)20-18(12-24)22(26)27-23(19(20)13-25)29-15(2)21(28)17-6-4-3-5-7-17/h3-11,15H,1-2H3,(H2,26,27). The van der Waals surface area contributed by atoms with Crippen molar-refractivity contribution in [2.24, 2.45) is 0 Å². The minimum atomic E-state index is -0.477. The van der Waals surface area contributed by atoms with Gasteiger partial charge >= 0.3 is 0 Å². The molecule has 3 aromatic rings. The Morgan fingerprint density at radius 3 is 2.24 bits per heavy atom. The molecule has 5 nitrogen and oxygen atoms in total. The summed E-state index contributed by atoms with van der Waals surface area (Å²) in [5.41, 5.74) is 9.26. The number of carbonyl (C=O) groups excluding carboxylic acids is 1. The summed E-state index contributed by atoms with van der Waals surface area (Å²) in [6.45, 7) is 3.72. The molecule has 0 amide bonds. The first-order chi connectivity index (χ1) is 14.0. The van der Waals surface area contributed by atoms with E-state index in [-0.39, 0.29) is 22.7 Å². The van der Waals surface area contributed by atoms with Crippen LogP contribution in [-0.4, -0.2) is 16.0 Å². The molecule has 0 saturated carbocycles. The summed E-state index contributed by atoms with van der Waals surface area (Å²) in [5, 5.41) is 19.3. The molecule has 1 heterocycles. The molecule has 0 radical (unpaired) electrons. The van der Waals surface area contributed by atoms with Gasteiger partial charge in [-0.15, -0.1) is 0 Å². The largest absolute Gasteiger partial charge is 0.383 e. The van der Waals surface area contributed by atoms with E-state index in [2.05, 4.69) is 17.1 Å². The summed E-state index contributed by atoms with van der Waals surface area (Å²) in [6.07, 6.45) is 0. The molecule has 142 valence electrons. The summed E-state index contributed by atoms with van der Waals surface area (Å²) >= 11 is 1.17. The first-order valence-corrected chi connectivity index (χ1v) is 9.80. The Kier molecular flexibility index (Phi) is 5.97. The number of pyridine rings is 1. The number of carbonyl (C=O) groups is 1. The summed E-state index contributed by atoms with van der Waals surface area (Å²) in [5.74, 6) is -0.0231. The van der Waals surface area contributed by atoms with Gasteiger partial charge in [-0.2, -0.15) is 10.5 Å². The molecule has 0 aliphatic heterocycles. The highest BCUT2D eigenvalue weighted by Crippen LogP contribution is 2.37. The molecular formula is C23H18N4OS. The fourth-order valence-electron chi connectivity index (χ4n) is 2.95. The van der Waals surface area contributed by atoms with Crippen LogP contribution in [0.5, 0.6) is 0 Å². The van der Waals surface area contributed by atoms with E-state index < -0.39 is 5.25 Å². The average molecular weight is 398 g/mol. The van der Waals surface area contributed by atoms with E-state index in [0.29, 0.717) is 21.7 Å². The van der Waals surface area contributed by atoms with Gasteiger partial charge in [0.2, 0.25) is 0 Å². The Morgan fingerprint density at radius 1 is 1.03 bits per heavy atom. The van der Waals surface area contributed by atoms with Crippen LogP contribution in [0.25, 0.3) is 11.1 Å². The van der Waals surface area contributed by atoms with Gasteiger partial charge in [0.1, 0.15) is 28.5 Å². The highest BCUT2D eigenvalue weighted by atomic mass is 32.2. The lowest BCUT2D eigenvalue weighted by Crippen LogP contribution is -2.14. The molecule has 0 bridgehead atoms. The van der Waals surface area contributed by atoms with E-state index in [9.17, 15) is 15.3 Å². The molecule has 0 spiro atoms. The van der Waals surface area contributed by atoms with Crippen molar-refractivity contribution in [2.75, 3.05) is 5.73 Å². The SMILES string of the molecule is Cc1ccc(-c2c(C#N)c(N)nc(SC(C)C(=O)c3ccccc3)c2C#N)cc1. The van der Waals surface area contributed by atoms with Crippen molar-refractivity contribution >= 4 is 23.4 Å². The smallest absolute Gasteiger partial charge is 0.175 e. The number of nitrogens with zero attached hydrogens (tertiary/aromatic N) is 3. The van der Waals surface area contributed by atoms with Crippen molar-refractivity contribution in [3.63, 3.8) is 0 Å². The highest BCUT2D eigenvalue weighted by molar-refractivity contribution is 8.00. The molecule has 2 N–H and O–H groups in total. The molecule has 6 heteroatoms. The van der Waals surface area contributed by atoms with Gasteiger partial charge < -0.3 is 5.73 Å². The number of rotatable bonds is 5. The molecule has 0 aliphatic rings. The number of hydrogen-bond acceptors (Lipinski definition) is 6. The molecule has 1 atom stereocenters. The quantitative estimate of drug-likeness (QED) is 0.491. The summed E-state index contributed by atoms with van der Waals surface area (Å²) < 4.78 is 0. The maximum Gasteiger partial charge on any atom is 0.175 e. The van der Waals surface area contributed by atoms with Gasteiger partial charge in [0.05, 0.1) is 10.8 Å². The Bertz CT molecular complexity index is 1140. The second-order valence-corrected chi connectivity index (χ2v) is 7.84. The minimum absolute atomic E-state index is 0.0453. The number of benzene rings is 2. The second kappa shape index (κ2) is 8.60. The summed E-state index contributed by atoms with van der Waals surface area (Å²) in [4.78, 5) is 17.0. The average Bonchev–Trinajstić information content (AvgIpc) is 2.74. The van der Waals surface area contributed by atoms with E-state index in [1.165, 1.54) is 11.8 Å². The van der Waals surface area contributed by atoms with Crippen LogP contribution < -0.4 is 5.73 Å². The molecule has 3 rings (SSSR count). The molecule has 0 aliphatic carbocycles. The lowest BCUT2D eigenvalue weighted by Gasteiger charge is -2.15. The van der Waals surface area contributed by atoms with Crippen molar-refractivity contribution in [2.45, 2.75) is 24.1 Å². The Morgan fingerprint density at radius 2 is 1.66 bits per heavy atom. The Labute approximate surface area is 173 Å². The normalized spacial score (nSPS) is 11.3. The third-order valence-corrected chi connectivity index (χ3v) is 5.56. The van der Waals surface area contributed by atoms with Crippen molar-refractivity contribution in [3.05, 3.63) is 76.9 Å². The van der Waals surface area contributed by atoms with Crippen LogP contribution in [-0.2, 0) is 0 Å². The van der Waals surface area contributed by atoms with Gasteiger partial charge in [-0.05, 0) is 19.4 Å². The monoisotopic (exact) mass is 398 g/mol. The Balaban J connectivity index is 2.08. The fraction of sp³-hybridized carbons (Fsp3) is 0.130. The lowest BCUT2D eigenvalue weighted by molar-refractivity contribution is 0.0994. The number of aromatic nitrogens is 1. The maximum atomic E-state index is 12.7. The van der Waals surface area contributed by atoms with E-state index in [0.717, 1.165) is 5.56 Å². The molecule has 29 heavy (non-hydrogen) atoms. The molecule has 0 saturated heterocycles. The summed E-state index contributed by atoms with van der Waals surface area (Å²) in [6, 6.07) is 20.7. The fourth-order valence-corrected chi connectivity index (χ4v) is 3.94. The Hall–Kier alpha value is -3.61. The van der Waals surface area contributed by atoms with Crippen LogP contribution in [0, 0.1) is 29.6 Å².